The highest BCUT2D eigenvalue weighted by Gasteiger charge is 2.27. The molecular weight excluding hydrogens is 816 g/mol. The Kier molecular flexibility index (Phi) is 45.4. The number of hydrogen-bond donors (Lipinski definition) is 3. The SMILES string of the molecule is CCCCC/C=C\C=C/CCCCCCCCCCCCC(=O)NC(COP(=O)(O)OCC[N+](C)(C)C)C(O)/C=C/CC/C=C/CCCCCCCCCCCCCCCCCCC. The van der Waals surface area contributed by atoms with Crippen LogP contribution < -0.4 is 5.32 Å². The number of allylic oxidation sites excluding steroid dienone is 7. The number of unbranched alkanes of at least 4 members (excludes halogenated alkanes) is 31. The summed E-state index contributed by atoms with van der Waals surface area (Å²) in [4.78, 5) is 23.2. The van der Waals surface area contributed by atoms with Gasteiger partial charge in [-0.1, -0.05) is 229 Å². The quantitative estimate of drug-likeness (QED) is 0.0185. The molecule has 0 aromatic rings. The maximum atomic E-state index is 12.9. The van der Waals surface area contributed by atoms with E-state index >= 15 is 0 Å². The Morgan fingerprint density at radius 3 is 1.38 bits per heavy atom. The van der Waals surface area contributed by atoms with Crippen molar-refractivity contribution in [2.24, 2.45) is 0 Å². The van der Waals surface area contributed by atoms with Crippen LogP contribution in [0.4, 0.5) is 0 Å². The smallest absolute Gasteiger partial charge is 0.387 e. The highest BCUT2D eigenvalue weighted by molar-refractivity contribution is 7.47. The number of carbonyl (C=O) groups excluding carboxylic acids is 1. The van der Waals surface area contributed by atoms with Crippen molar-refractivity contribution < 1.29 is 32.9 Å². The molecular formula is C55H106N2O6P+. The van der Waals surface area contributed by atoms with Crippen LogP contribution in [0.5, 0.6) is 0 Å². The lowest BCUT2D eigenvalue weighted by atomic mass is 10.0. The van der Waals surface area contributed by atoms with Gasteiger partial charge in [-0.15, -0.1) is 0 Å². The fourth-order valence-electron chi connectivity index (χ4n) is 7.76. The number of nitrogens with one attached hydrogen (secondary N) is 1. The van der Waals surface area contributed by atoms with Gasteiger partial charge in [0.25, 0.3) is 0 Å². The van der Waals surface area contributed by atoms with Crippen LogP contribution >= 0.6 is 7.82 Å². The summed E-state index contributed by atoms with van der Waals surface area (Å²) >= 11 is 0. The van der Waals surface area contributed by atoms with Gasteiger partial charge >= 0.3 is 7.82 Å². The third kappa shape index (κ3) is 48.4. The maximum Gasteiger partial charge on any atom is 0.472 e. The largest absolute Gasteiger partial charge is 0.472 e. The first-order valence-corrected chi connectivity index (χ1v) is 28.5. The van der Waals surface area contributed by atoms with Gasteiger partial charge in [0.05, 0.1) is 39.9 Å². The summed E-state index contributed by atoms with van der Waals surface area (Å²) in [5.74, 6) is -0.190. The minimum atomic E-state index is -4.35. The van der Waals surface area contributed by atoms with Gasteiger partial charge in [0.2, 0.25) is 5.91 Å². The predicted molar refractivity (Wildman–Crippen MR) is 277 cm³/mol. The fourth-order valence-corrected chi connectivity index (χ4v) is 8.49. The second-order valence-electron chi connectivity index (χ2n) is 19.6. The van der Waals surface area contributed by atoms with Gasteiger partial charge in [-0.2, -0.15) is 0 Å². The molecule has 0 aromatic carbocycles. The first-order valence-electron chi connectivity index (χ1n) is 27.0. The number of likely N-dealkylation sites (N-methyl/N-ethyl adjacent to an activating group) is 1. The van der Waals surface area contributed by atoms with Crippen LogP contribution in [0.2, 0.25) is 0 Å². The van der Waals surface area contributed by atoms with E-state index in [4.69, 9.17) is 9.05 Å². The van der Waals surface area contributed by atoms with Crippen LogP contribution in [-0.2, 0) is 18.4 Å². The zero-order chi connectivity index (χ0) is 47.1. The van der Waals surface area contributed by atoms with Crippen molar-refractivity contribution in [1.29, 1.82) is 0 Å². The maximum absolute atomic E-state index is 12.9. The lowest BCUT2D eigenvalue weighted by Crippen LogP contribution is -2.45. The number of nitrogens with zero attached hydrogens (tertiary/aromatic N) is 1. The third-order valence-electron chi connectivity index (χ3n) is 12.0. The number of hydrogen-bond acceptors (Lipinski definition) is 5. The average molecular weight is 922 g/mol. The van der Waals surface area contributed by atoms with Crippen LogP contribution in [0.15, 0.2) is 48.6 Å². The molecule has 0 aliphatic heterocycles. The van der Waals surface area contributed by atoms with E-state index in [2.05, 4.69) is 55.6 Å². The molecule has 0 heterocycles. The second-order valence-corrected chi connectivity index (χ2v) is 21.1. The van der Waals surface area contributed by atoms with E-state index in [1.165, 1.54) is 186 Å². The van der Waals surface area contributed by atoms with E-state index in [9.17, 15) is 19.4 Å². The molecule has 0 saturated heterocycles. The van der Waals surface area contributed by atoms with Crippen LogP contribution in [0.25, 0.3) is 0 Å². The van der Waals surface area contributed by atoms with Gasteiger partial charge in [0, 0.05) is 6.42 Å². The molecule has 0 spiro atoms. The fraction of sp³-hybridized carbons (Fsp3) is 0.836. The third-order valence-corrected chi connectivity index (χ3v) is 13.0. The molecule has 0 aromatic heterocycles. The van der Waals surface area contributed by atoms with Crippen LogP contribution in [0.1, 0.15) is 245 Å². The number of carbonyl (C=O) groups is 1. The van der Waals surface area contributed by atoms with E-state index in [0.717, 1.165) is 38.5 Å². The molecule has 9 heteroatoms. The topological polar surface area (TPSA) is 105 Å². The number of aliphatic hydroxyl groups is 1. The van der Waals surface area contributed by atoms with Gasteiger partial charge in [-0.3, -0.25) is 13.8 Å². The van der Waals surface area contributed by atoms with Crippen LogP contribution in [0.3, 0.4) is 0 Å². The number of amides is 1. The van der Waals surface area contributed by atoms with Crippen molar-refractivity contribution in [2.75, 3.05) is 40.9 Å². The molecule has 0 aliphatic rings. The molecule has 3 unspecified atom stereocenters. The average Bonchev–Trinajstić information content (AvgIpc) is 3.25. The Bertz CT molecular complexity index is 1180. The molecule has 0 bridgehead atoms. The van der Waals surface area contributed by atoms with Crippen molar-refractivity contribution in [3.8, 4) is 0 Å². The summed E-state index contributed by atoms with van der Waals surface area (Å²) in [5.41, 5.74) is 0. The zero-order valence-corrected chi connectivity index (χ0v) is 43.7. The molecule has 0 aliphatic carbocycles. The van der Waals surface area contributed by atoms with Crippen molar-refractivity contribution in [3.05, 3.63) is 48.6 Å². The molecule has 0 rings (SSSR count). The molecule has 3 atom stereocenters. The number of quaternary nitrogens is 1. The Morgan fingerprint density at radius 1 is 0.531 bits per heavy atom. The lowest BCUT2D eigenvalue weighted by molar-refractivity contribution is -0.870. The van der Waals surface area contributed by atoms with E-state index in [0.29, 0.717) is 17.4 Å². The van der Waals surface area contributed by atoms with E-state index in [1.54, 1.807) is 6.08 Å². The second kappa shape index (κ2) is 46.6. The minimum Gasteiger partial charge on any atom is -0.387 e. The molecule has 3 N–H and O–H groups in total. The standard InChI is InChI=1S/C55H105N2O6P/c1-6-8-10-12-14-16-18-20-22-24-26-27-28-29-31-32-34-36-38-40-42-44-46-48-54(58)53(52-63-64(60,61)62-51-50-57(3,4)5)56-55(59)49-47-45-43-41-39-37-35-33-30-25-23-21-19-17-15-13-11-9-7-2/h15,17,19,21,38,40,46,48,53-54,58H,6-14,16,18,20,22-37,39,41-45,47,49-52H2,1-5H3,(H-,56,59,60,61)/p+1/b17-15-,21-19-,40-38+,48-46+. The van der Waals surface area contributed by atoms with Gasteiger partial charge in [-0.25, -0.2) is 4.57 Å². The Morgan fingerprint density at radius 2 is 0.906 bits per heavy atom. The van der Waals surface area contributed by atoms with Gasteiger partial charge in [-0.05, 0) is 57.8 Å². The van der Waals surface area contributed by atoms with Gasteiger partial charge in [0.1, 0.15) is 13.2 Å². The molecule has 376 valence electrons. The van der Waals surface area contributed by atoms with Crippen molar-refractivity contribution in [3.63, 3.8) is 0 Å². The van der Waals surface area contributed by atoms with E-state index in [1.807, 2.05) is 27.2 Å². The van der Waals surface area contributed by atoms with Gasteiger partial charge in [0.15, 0.2) is 0 Å². The van der Waals surface area contributed by atoms with Crippen molar-refractivity contribution >= 4 is 13.7 Å². The number of phosphoric ester groups is 1. The normalized spacial score (nSPS) is 14.4. The molecule has 0 fully saturated rings. The summed E-state index contributed by atoms with van der Waals surface area (Å²) in [6.07, 6.45) is 60.6. The van der Waals surface area contributed by atoms with Gasteiger partial charge < -0.3 is 19.8 Å². The number of aliphatic hydroxyl groups excluding tert-OH is 1. The first-order chi connectivity index (χ1) is 31.0. The Labute approximate surface area is 397 Å². The number of rotatable bonds is 49. The molecule has 1 amide bonds. The zero-order valence-electron chi connectivity index (χ0n) is 42.8. The van der Waals surface area contributed by atoms with Crippen molar-refractivity contribution in [1.82, 2.24) is 5.32 Å². The summed E-state index contributed by atoms with van der Waals surface area (Å²) in [5, 5.41) is 13.9. The molecule has 64 heavy (non-hydrogen) atoms. The monoisotopic (exact) mass is 922 g/mol. The summed E-state index contributed by atoms with van der Waals surface area (Å²) in [6.45, 7) is 4.78. The van der Waals surface area contributed by atoms with E-state index < -0.39 is 20.0 Å². The highest BCUT2D eigenvalue weighted by atomic mass is 31.2. The lowest BCUT2D eigenvalue weighted by Gasteiger charge is -2.25. The summed E-state index contributed by atoms with van der Waals surface area (Å²) in [6, 6.07) is -0.866. The minimum absolute atomic E-state index is 0.0547. The first kappa shape index (κ1) is 62.5. The number of phosphoric acid groups is 1. The van der Waals surface area contributed by atoms with Crippen molar-refractivity contribution in [2.45, 2.75) is 257 Å². The molecule has 0 saturated carbocycles. The Balaban J connectivity index is 4.32. The predicted octanol–water partition coefficient (Wildman–Crippen LogP) is 16.0. The Hall–Kier alpha value is -1.54. The summed E-state index contributed by atoms with van der Waals surface area (Å²) in [7, 11) is 1.55. The molecule has 8 nitrogen and oxygen atoms in total. The van der Waals surface area contributed by atoms with Crippen LogP contribution in [0, 0.1) is 0 Å². The highest BCUT2D eigenvalue weighted by Crippen LogP contribution is 2.43. The van der Waals surface area contributed by atoms with Crippen LogP contribution in [-0.4, -0.2) is 73.4 Å². The van der Waals surface area contributed by atoms with E-state index in [-0.39, 0.29) is 19.1 Å². The molecule has 0 radical (unpaired) electrons. The summed E-state index contributed by atoms with van der Waals surface area (Å²) < 4.78 is 23.7.